The van der Waals surface area contributed by atoms with Crippen LogP contribution >= 0.6 is 11.6 Å². The molecule has 1 aliphatic heterocycles. The molecule has 0 unspecified atom stereocenters. The van der Waals surface area contributed by atoms with Gasteiger partial charge in [-0.25, -0.2) is 13.6 Å². The molecular weight excluding hydrogens is 514 g/mol. The molecule has 2 aromatic carbocycles. The standard InChI is InChI=1S/C29H37ClF2N2O4/c1-5-37-27(35)21(12-13-34-17-23(31)18-34)15-24(33-28(36)38-29(2,3)4)14-19-6-8-20(9-7-19)25-16-22(30)10-11-26(25)32/h6-11,16,21,23-24H,5,12-15,17-18H2,1-4H3,(H,33,36)/t21-,24-/m1/s1. The second-order valence-electron chi connectivity index (χ2n) is 10.7. The number of alkyl carbamates (subject to hydrolysis) is 1. The largest absolute Gasteiger partial charge is 0.466 e. The zero-order valence-corrected chi connectivity index (χ0v) is 23.2. The monoisotopic (exact) mass is 550 g/mol. The van der Waals surface area contributed by atoms with Crippen LogP contribution in [0, 0.1) is 11.7 Å². The summed E-state index contributed by atoms with van der Waals surface area (Å²) in [5.74, 6) is -1.19. The minimum Gasteiger partial charge on any atom is -0.466 e. The van der Waals surface area contributed by atoms with Gasteiger partial charge in [0.25, 0.3) is 0 Å². The van der Waals surface area contributed by atoms with Crippen LogP contribution in [0.2, 0.25) is 5.02 Å². The molecule has 1 fully saturated rings. The number of nitrogens with zero attached hydrogens (tertiary/aromatic N) is 1. The maximum atomic E-state index is 14.3. The molecule has 1 N–H and O–H groups in total. The zero-order valence-electron chi connectivity index (χ0n) is 22.4. The van der Waals surface area contributed by atoms with Gasteiger partial charge in [0, 0.05) is 29.7 Å². The molecule has 1 amide bonds. The molecule has 0 radical (unpaired) electrons. The Morgan fingerprint density at radius 3 is 2.45 bits per heavy atom. The van der Waals surface area contributed by atoms with Crippen molar-refractivity contribution in [2.75, 3.05) is 26.2 Å². The molecule has 38 heavy (non-hydrogen) atoms. The first-order chi connectivity index (χ1) is 17.9. The van der Waals surface area contributed by atoms with Gasteiger partial charge in [0.15, 0.2) is 0 Å². The lowest BCUT2D eigenvalue weighted by molar-refractivity contribution is -0.149. The zero-order chi connectivity index (χ0) is 27.9. The van der Waals surface area contributed by atoms with Crippen molar-refractivity contribution in [3.8, 4) is 11.1 Å². The smallest absolute Gasteiger partial charge is 0.407 e. The van der Waals surface area contributed by atoms with E-state index in [2.05, 4.69) is 5.32 Å². The highest BCUT2D eigenvalue weighted by atomic mass is 35.5. The van der Waals surface area contributed by atoms with Crippen molar-refractivity contribution in [3.63, 3.8) is 0 Å². The van der Waals surface area contributed by atoms with Crippen LogP contribution in [-0.4, -0.2) is 61.0 Å². The van der Waals surface area contributed by atoms with E-state index in [1.54, 1.807) is 45.9 Å². The molecule has 0 spiro atoms. The van der Waals surface area contributed by atoms with E-state index in [0.717, 1.165) is 5.56 Å². The Labute approximate surface area is 228 Å². The third kappa shape index (κ3) is 9.24. The number of rotatable bonds is 11. The summed E-state index contributed by atoms with van der Waals surface area (Å²) in [5.41, 5.74) is 1.29. The van der Waals surface area contributed by atoms with Crippen LogP contribution in [0.15, 0.2) is 42.5 Å². The van der Waals surface area contributed by atoms with Gasteiger partial charge in [-0.3, -0.25) is 9.69 Å². The van der Waals surface area contributed by atoms with Gasteiger partial charge in [-0.1, -0.05) is 35.9 Å². The Hall–Kier alpha value is -2.71. The van der Waals surface area contributed by atoms with E-state index in [-0.39, 0.29) is 18.4 Å². The maximum Gasteiger partial charge on any atom is 0.407 e. The van der Waals surface area contributed by atoms with Crippen LogP contribution in [0.3, 0.4) is 0 Å². The van der Waals surface area contributed by atoms with Gasteiger partial charge < -0.3 is 14.8 Å². The lowest BCUT2D eigenvalue weighted by atomic mass is 9.91. The predicted molar refractivity (Wildman–Crippen MR) is 144 cm³/mol. The number of halogens is 3. The van der Waals surface area contributed by atoms with Crippen molar-refractivity contribution in [2.45, 2.75) is 64.8 Å². The molecule has 208 valence electrons. The number of carbonyl (C=O) groups excluding carboxylic acids is 2. The highest BCUT2D eigenvalue weighted by Gasteiger charge is 2.31. The number of carbonyl (C=O) groups is 2. The van der Waals surface area contributed by atoms with Gasteiger partial charge in [-0.15, -0.1) is 0 Å². The van der Waals surface area contributed by atoms with Gasteiger partial charge in [0.05, 0.1) is 12.5 Å². The number of likely N-dealkylation sites (tertiary alicyclic amines) is 1. The number of ether oxygens (including phenoxy) is 2. The van der Waals surface area contributed by atoms with E-state index >= 15 is 0 Å². The summed E-state index contributed by atoms with van der Waals surface area (Å²) in [5, 5.41) is 3.36. The van der Waals surface area contributed by atoms with Gasteiger partial charge in [0.2, 0.25) is 0 Å². The van der Waals surface area contributed by atoms with Crippen LogP contribution in [-0.2, 0) is 20.7 Å². The number of alkyl halides is 1. The fourth-order valence-electron chi connectivity index (χ4n) is 4.45. The summed E-state index contributed by atoms with van der Waals surface area (Å²) >= 11 is 6.04. The van der Waals surface area contributed by atoms with Crippen molar-refractivity contribution in [2.24, 2.45) is 5.92 Å². The molecule has 2 aromatic rings. The lowest BCUT2D eigenvalue weighted by Crippen LogP contribution is -2.49. The van der Waals surface area contributed by atoms with Crippen LogP contribution in [0.5, 0.6) is 0 Å². The summed E-state index contributed by atoms with van der Waals surface area (Å²) in [6.45, 7) is 8.65. The highest BCUT2D eigenvalue weighted by molar-refractivity contribution is 6.30. The summed E-state index contributed by atoms with van der Waals surface area (Å²) < 4.78 is 38.4. The SMILES string of the molecule is CCOC(=O)[C@H](CCN1CC(F)C1)C[C@@H](Cc1ccc(-c2cc(Cl)ccc2F)cc1)NC(=O)OC(C)(C)C. The Morgan fingerprint density at radius 1 is 1.16 bits per heavy atom. The average Bonchev–Trinajstić information content (AvgIpc) is 2.81. The average molecular weight is 551 g/mol. The van der Waals surface area contributed by atoms with Crippen molar-refractivity contribution < 1.29 is 27.8 Å². The van der Waals surface area contributed by atoms with Crippen molar-refractivity contribution in [1.29, 1.82) is 0 Å². The molecule has 0 saturated carbocycles. The Balaban J connectivity index is 1.76. The first-order valence-electron chi connectivity index (χ1n) is 13.0. The molecule has 1 saturated heterocycles. The van der Waals surface area contributed by atoms with Gasteiger partial charge >= 0.3 is 12.1 Å². The molecule has 0 aliphatic carbocycles. The summed E-state index contributed by atoms with van der Waals surface area (Å²) in [6.07, 6.45) is -0.156. The van der Waals surface area contributed by atoms with Gasteiger partial charge in [-0.05, 0) is 82.8 Å². The normalized spacial score (nSPS) is 15.9. The fourth-order valence-corrected chi connectivity index (χ4v) is 4.63. The Morgan fingerprint density at radius 2 is 1.84 bits per heavy atom. The number of esters is 1. The second-order valence-corrected chi connectivity index (χ2v) is 11.1. The summed E-state index contributed by atoms with van der Waals surface area (Å²) in [7, 11) is 0. The number of benzene rings is 2. The minimum atomic E-state index is -0.819. The highest BCUT2D eigenvalue weighted by Crippen LogP contribution is 2.27. The van der Waals surface area contributed by atoms with E-state index in [1.165, 1.54) is 12.1 Å². The molecule has 0 aromatic heterocycles. The maximum absolute atomic E-state index is 14.3. The molecule has 9 heteroatoms. The third-order valence-corrected chi connectivity index (χ3v) is 6.53. The molecule has 6 nitrogen and oxygen atoms in total. The van der Waals surface area contributed by atoms with E-state index in [1.807, 2.05) is 17.0 Å². The molecule has 3 rings (SSSR count). The van der Waals surface area contributed by atoms with Crippen molar-refractivity contribution >= 4 is 23.7 Å². The minimum absolute atomic E-state index is 0.247. The van der Waals surface area contributed by atoms with Gasteiger partial charge in [0.1, 0.15) is 17.6 Å². The van der Waals surface area contributed by atoms with E-state index < -0.39 is 29.8 Å². The Bertz CT molecular complexity index is 1080. The van der Waals surface area contributed by atoms with Crippen LogP contribution in [0.4, 0.5) is 13.6 Å². The van der Waals surface area contributed by atoms with Gasteiger partial charge in [-0.2, -0.15) is 0 Å². The van der Waals surface area contributed by atoms with Crippen LogP contribution in [0.1, 0.15) is 46.1 Å². The predicted octanol–water partition coefficient (Wildman–Crippen LogP) is 6.20. The number of hydrogen-bond acceptors (Lipinski definition) is 5. The van der Waals surface area contributed by atoms with E-state index in [4.69, 9.17) is 21.1 Å². The van der Waals surface area contributed by atoms with E-state index in [9.17, 15) is 18.4 Å². The first kappa shape index (κ1) is 29.8. The van der Waals surface area contributed by atoms with Crippen molar-refractivity contribution in [1.82, 2.24) is 10.2 Å². The third-order valence-electron chi connectivity index (χ3n) is 6.29. The fraction of sp³-hybridized carbons (Fsp3) is 0.517. The summed E-state index contributed by atoms with van der Waals surface area (Å²) in [4.78, 5) is 27.4. The quantitative estimate of drug-likeness (QED) is 0.338. The van der Waals surface area contributed by atoms with Crippen LogP contribution in [0.25, 0.3) is 11.1 Å². The molecule has 1 heterocycles. The lowest BCUT2D eigenvalue weighted by Gasteiger charge is -2.35. The molecular formula is C29H37ClF2N2O4. The van der Waals surface area contributed by atoms with E-state index in [0.29, 0.717) is 55.0 Å². The Kier molecular flexibility index (Phi) is 10.5. The first-order valence-corrected chi connectivity index (χ1v) is 13.4. The molecule has 2 atom stereocenters. The topological polar surface area (TPSA) is 67.9 Å². The van der Waals surface area contributed by atoms with Crippen LogP contribution < -0.4 is 5.32 Å². The van der Waals surface area contributed by atoms with Crippen molar-refractivity contribution in [3.05, 3.63) is 58.9 Å². The number of amides is 1. The molecule has 1 aliphatic rings. The number of hydrogen-bond donors (Lipinski definition) is 1. The molecule has 0 bridgehead atoms. The summed E-state index contributed by atoms with van der Waals surface area (Å²) in [6, 6.07) is 11.3. The second kappa shape index (κ2) is 13.4. The number of nitrogens with one attached hydrogen (secondary N) is 1.